The van der Waals surface area contributed by atoms with Crippen molar-refractivity contribution in [1.29, 1.82) is 0 Å². The SMILES string of the molecule is CCOc1ccc(C=c2sc3nc(-c4ccc(Cl)cc4Cl)nn3c2=O)cc1OC. The molecular weight excluding hydrogens is 433 g/mol. The molecule has 0 atom stereocenters. The fraction of sp³-hybridized carbons (Fsp3) is 0.150. The monoisotopic (exact) mass is 447 g/mol. The van der Waals surface area contributed by atoms with Crippen molar-refractivity contribution >= 4 is 45.6 Å². The number of halogens is 2. The lowest BCUT2D eigenvalue weighted by Crippen LogP contribution is -2.23. The second-order valence-electron chi connectivity index (χ2n) is 6.01. The molecule has 0 aliphatic heterocycles. The molecule has 2 heterocycles. The number of hydrogen-bond acceptors (Lipinski definition) is 6. The van der Waals surface area contributed by atoms with E-state index in [-0.39, 0.29) is 5.56 Å². The fourth-order valence-electron chi connectivity index (χ4n) is 2.82. The number of aromatic nitrogens is 3. The van der Waals surface area contributed by atoms with Gasteiger partial charge in [0.15, 0.2) is 17.3 Å². The lowest BCUT2D eigenvalue weighted by atomic mass is 10.2. The Kier molecular flexibility index (Phi) is 5.45. The summed E-state index contributed by atoms with van der Waals surface area (Å²) in [4.78, 5) is 17.7. The molecule has 0 radical (unpaired) electrons. The van der Waals surface area contributed by atoms with Crippen LogP contribution in [0.15, 0.2) is 41.2 Å². The highest BCUT2D eigenvalue weighted by molar-refractivity contribution is 7.15. The zero-order chi connectivity index (χ0) is 20.5. The summed E-state index contributed by atoms with van der Waals surface area (Å²) in [5.74, 6) is 1.64. The van der Waals surface area contributed by atoms with Gasteiger partial charge in [-0.2, -0.15) is 9.50 Å². The molecule has 29 heavy (non-hydrogen) atoms. The highest BCUT2D eigenvalue weighted by Crippen LogP contribution is 2.29. The van der Waals surface area contributed by atoms with Crippen LogP contribution in [0.25, 0.3) is 22.4 Å². The minimum Gasteiger partial charge on any atom is -0.493 e. The summed E-state index contributed by atoms with van der Waals surface area (Å²) in [7, 11) is 1.58. The first-order chi connectivity index (χ1) is 14.0. The Morgan fingerprint density at radius 3 is 2.69 bits per heavy atom. The molecule has 0 fully saturated rings. The molecule has 0 aliphatic carbocycles. The first kappa shape index (κ1) is 19.7. The first-order valence-corrected chi connectivity index (χ1v) is 10.2. The number of rotatable bonds is 5. The number of ether oxygens (including phenoxy) is 2. The fourth-order valence-corrected chi connectivity index (χ4v) is 4.22. The molecule has 0 N–H and O–H groups in total. The maximum Gasteiger partial charge on any atom is 0.291 e. The second-order valence-corrected chi connectivity index (χ2v) is 7.87. The predicted molar refractivity (Wildman–Crippen MR) is 116 cm³/mol. The minimum atomic E-state index is -0.248. The maximum atomic E-state index is 12.8. The van der Waals surface area contributed by atoms with Crippen molar-refractivity contribution in [2.45, 2.75) is 6.92 Å². The topological polar surface area (TPSA) is 65.7 Å². The summed E-state index contributed by atoms with van der Waals surface area (Å²) in [5.41, 5.74) is 1.18. The van der Waals surface area contributed by atoms with Crippen molar-refractivity contribution in [2.24, 2.45) is 0 Å². The third-order valence-corrected chi connectivity index (χ3v) is 5.65. The maximum absolute atomic E-state index is 12.8. The standard InChI is InChI=1S/C20H15Cl2N3O3S/c1-3-28-15-7-4-11(8-16(15)27-2)9-17-19(26)25-20(29-17)23-18(24-25)13-6-5-12(21)10-14(13)22/h4-10H,3H2,1-2H3. The molecule has 148 valence electrons. The van der Waals surface area contributed by atoms with Gasteiger partial charge in [-0.25, -0.2) is 0 Å². The van der Waals surface area contributed by atoms with Gasteiger partial charge in [-0.15, -0.1) is 5.10 Å². The molecule has 2 aromatic carbocycles. The van der Waals surface area contributed by atoms with Crippen molar-refractivity contribution in [3.05, 3.63) is 66.9 Å². The van der Waals surface area contributed by atoms with Gasteiger partial charge in [0.05, 0.1) is 23.3 Å². The van der Waals surface area contributed by atoms with Crippen LogP contribution in [0, 0.1) is 0 Å². The molecule has 0 saturated carbocycles. The van der Waals surface area contributed by atoms with E-state index in [2.05, 4.69) is 10.1 Å². The number of thiazole rings is 1. The van der Waals surface area contributed by atoms with Crippen LogP contribution in [-0.2, 0) is 0 Å². The van der Waals surface area contributed by atoms with Gasteiger partial charge in [-0.3, -0.25) is 4.79 Å². The Hall–Kier alpha value is -2.61. The van der Waals surface area contributed by atoms with E-state index in [1.807, 2.05) is 25.1 Å². The summed E-state index contributed by atoms with van der Waals surface area (Å²) in [5, 5.41) is 5.27. The summed E-state index contributed by atoms with van der Waals surface area (Å²) in [6, 6.07) is 10.5. The normalized spacial score (nSPS) is 11.9. The molecule has 4 aromatic rings. The average Bonchev–Trinajstić information content (AvgIpc) is 3.22. The van der Waals surface area contributed by atoms with Crippen molar-refractivity contribution in [1.82, 2.24) is 14.6 Å². The number of hydrogen-bond donors (Lipinski definition) is 0. The Morgan fingerprint density at radius 1 is 1.17 bits per heavy atom. The van der Waals surface area contributed by atoms with Crippen LogP contribution in [0.2, 0.25) is 10.0 Å². The van der Waals surface area contributed by atoms with E-state index < -0.39 is 0 Å². The molecule has 0 spiro atoms. The number of fused-ring (bicyclic) bond motifs is 1. The predicted octanol–water partition coefficient (Wildman–Crippen LogP) is 4.08. The molecule has 0 saturated heterocycles. The Morgan fingerprint density at radius 2 is 2.00 bits per heavy atom. The van der Waals surface area contributed by atoms with Crippen LogP contribution >= 0.6 is 34.5 Å². The molecule has 6 nitrogen and oxygen atoms in total. The van der Waals surface area contributed by atoms with E-state index in [9.17, 15) is 4.79 Å². The van der Waals surface area contributed by atoms with Crippen molar-refractivity contribution in [2.75, 3.05) is 13.7 Å². The van der Waals surface area contributed by atoms with Gasteiger partial charge in [0.1, 0.15) is 0 Å². The third-order valence-electron chi connectivity index (χ3n) is 4.14. The Labute approximate surface area is 179 Å². The first-order valence-electron chi connectivity index (χ1n) is 8.67. The van der Waals surface area contributed by atoms with Crippen LogP contribution in [0.3, 0.4) is 0 Å². The van der Waals surface area contributed by atoms with E-state index in [4.69, 9.17) is 32.7 Å². The van der Waals surface area contributed by atoms with Gasteiger partial charge in [-0.05, 0) is 48.9 Å². The van der Waals surface area contributed by atoms with E-state index >= 15 is 0 Å². The summed E-state index contributed by atoms with van der Waals surface area (Å²) < 4.78 is 12.7. The van der Waals surface area contributed by atoms with Crippen molar-refractivity contribution in [3.8, 4) is 22.9 Å². The zero-order valence-corrected chi connectivity index (χ0v) is 17.8. The van der Waals surface area contributed by atoms with Gasteiger partial charge < -0.3 is 9.47 Å². The molecule has 0 unspecified atom stereocenters. The highest BCUT2D eigenvalue weighted by atomic mass is 35.5. The number of benzene rings is 2. The second kappa shape index (κ2) is 8.02. The molecule has 9 heteroatoms. The van der Waals surface area contributed by atoms with Crippen molar-refractivity contribution < 1.29 is 9.47 Å². The number of methoxy groups -OCH3 is 1. The van der Waals surface area contributed by atoms with Crippen LogP contribution in [-0.4, -0.2) is 28.3 Å². The molecule has 2 aromatic heterocycles. The van der Waals surface area contributed by atoms with Crippen LogP contribution in [0.5, 0.6) is 11.5 Å². The van der Waals surface area contributed by atoms with Crippen LogP contribution in [0.4, 0.5) is 0 Å². The van der Waals surface area contributed by atoms with E-state index in [1.165, 1.54) is 15.9 Å². The van der Waals surface area contributed by atoms with Gasteiger partial charge in [0, 0.05) is 10.6 Å². The van der Waals surface area contributed by atoms with E-state index in [0.717, 1.165) is 5.56 Å². The molecule has 4 rings (SSSR count). The largest absolute Gasteiger partial charge is 0.493 e. The van der Waals surface area contributed by atoms with Gasteiger partial charge in [-0.1, -0.05) is 40.6 Å². The van der Waals surface area contributed by atoms with E-state index in [1.54, 1.807) is 31.4 Å². The summed E-state index contributed by atoms with van der Waals surface area (Å²) in [6.45, 7) is 2.45. The van der Waals surface area contributed by atoms with Crippen LogP contribution < -0.4 is 19.6 Å². The number of nitrogens with zero attached hydrogens (tertiary/aromatic N) is 3. The summed E-state index contributed by atoms with van der Waals surface area (Å²) >= 11 is 13.4. The van der Waals surface area contributed by atoms with Gasteiger partial charge >= 0.3 is 0 Å². The zero-order valence-electron chi connectivity index (χ0n) is 15.5. The summed E-state index contributed by atoms with van der Waals surface area (Å²) in [6.07, 6.45) is 1.77. The molecule has 0 aliphatic rings. The van der Waals surface area contributed by atoms with Crippen molar-refractivity contribution in [3.63, 3.8) is 0 Å². The molecule has 0 amide bonds. The minimum absolute atomic E-state index is 0.248. The molecular formula is C20H15Cl2N3O3S. The smallest absolute Gasteiger partial charge is 0.291 e. The van der Waals surface area contributed by atoms with Gasteiger partial charge in [0.2, 0.25) is 4.96 Å². The lowest BCUT2D eigenvalue weighted by molar-refractivity contribution is 0.311. The Bertz CT molecular complexity index is 1320. The Balaban J connectivity index is 1.75. The molecule has 0 bridgehead atoms. The highest BCUT2D eigenvalue weighted by Gasteiger charge is 2.14. The lowest BCUT2D eigenvalue weighted by Gasteiger charge is -2.09. The van der Waals surface area contributed by atoms with Crippen LogP contribution in [0.1, 0.15) is 12.5 Å². The van der Waals surface area contributed by atoms with Gasteiger partial charge in [0.25, 0.3) is 5.56 Å². The quantitative estimate of drug-likeness (QED) is 0.461. The average molecular weight is 448 g/mol. The third kappa shape index (κ3) is 3.81. The van der Waals surface area contributed by atoms with E-state index in [0.29, 0.717) is 49.0 Å².